The van der Waals surface area contributed by atoms with Crippen LogP contribution in [0.5, 0.6) is 0 Å². The highest BCUT2D eigenvalue weighted by atomic mass is 32.2. The molecule has 0 atom stereocenters. The molecule has 0 heterocycles. The van der Waals surface area contributed by atoms with Crippen molar-refractivity contribution in [1.29, 1.82) is 0 Å². The maximum atomic E-state index is 11.4. The van der Waals surface area contributed by atoms with E-state index in [9.17, 15) is 4.79 Å². The van der Waals surface area contributed by atoms with Gasteiger partial charge in [-0.3, -0.25) is 4.79 Å². The number of carbonyl (C=O) groups is 1. The Morgan fingerprint density at radius 3 is 2.46 bits per heavy atom. The smallest absolute Gasteiger partial charge is 0.246 e. The number of hydrogen-bond acceptors (Lipinski definition) is 3. The molecule has 70 valence electrons. The van der Waals surface area contributed by atoms with Gasteiger partial charge in [0.1, 0.15) is 0 Å². The minimum Gasteiger partial charge on any atom is -0.305 e. The molecule has 0 saturated heterocycles. The summed E-state index contributed by atoms with van der Waals surface area (Å²) >= 11 is 0.899. The summed E-state index contributed by atoms with van der Waals surface area (Å²) in [6, 6.07) is 9.11. The van der Waals surface area contributed by atoms with Gasteiger partial charge in [0.15, 0.2) is 0 Å². The molecule has 2 nitrogen and oxygen atoms in total. The predicted octanol–water partition coefficient (Wildman–Crippen LogP) is 2.90. The van der Waals surface area contributed by atoms with E-state index in [4.69, 9.17) is 4.18 Å². The van der Waals surface area contributed by atoms with Gasteiger partial charge < -0.3 is 4.18 Å². The Morgan fingerprint density at radius 1 is 1.31 bits per heavy atom. The Labute approximate surface area is 82.5 Å². The van der Waals surface area contributed by atoms with Gasteiger partial charge in [-0.25, -0.2) is 0 Å². The van der Waals surface area contributed by atoms with E-state index in [1.54, 1.807) is 12.1 Å². The molecule has 0 unspecified atom stereocenters. The van der Waals surface area contributed by atoms with Crippen LogP contribution in [-0.2, 0) is 4.18 Å². The third-order valence-electron chi connectivity index (χ3n) is 1.33. The number of hydrogen-bond donors (Lipinski definition) is 0. The summed E-state index contributed by atoms with van der Waals surface area (Å²) in [4.78, 5) is 11.4. The topological polar surface area (TPSA) is 26.3 Å². The summed E-state index contributed by atoms with van der Waals surface area (Å²) in [7, 11) is 0. The summed E-state index contributed by atoms with van der Waals surface area (Å²) in [5.41, 5.74) is 0.674. The Kier molecular flexibility index (Phi) is 3.99. The van der Waals surface area contributed by atoms with E-state index in [1.807, 2.05) is 32.0 Å². The Balaban J connectivity index is 2.50. The second-order valence-electron chi connectivity index (χ2n) is 2.88. The van der Waals surface area contributed by atoms with Gasteiger partial charge in [0.25, 0.3) is 0 Å². The Morgan fingerprint density at radius 2 is 1.92 bits per heavy atom. The van der Waals surface area contributed by atoms with E-state index in [0.717, 1.165) is 12.0 Å². The van der Waals surface area contributed by atoms with Crippen molar-refractivity contribution >= 4 is 17.2 Å². The monoisotopic (exact) mass is 196 g/mol. The van der Waals surface area contributed by atoms with E-state index < -0.39 is 0 Å². The average Bonchev–Trinajstić information content (AvgIpc) is 2.15. The van der Waals surface area contributed by atoms with Crippen molar-refractivity contribution in [2.24, 2.45) is 0 Å². The van der Waals surface area contributed by atoms with Crippen LogP contribution in [0.1, 0.15) is 24.2 Å². The quantitative estimate of drug-likeness (QED) is 0.695. The Bertz CT molecular complexity index is 270. The summed E-state index contributed by atoms with van der Waals surface area (Å²) in [5, 5.41) is -0.0469. The first kappa shape index (κ1) is 10.3. The lowest BCUT2D eigenvalue weighted by atomic mass is 10.2. The highest BCUT2D eigenvalue weighted by Crippen LogP contribution is 2.14. The molecule has 0 N–H and O–H groups in total. The second kappa shape index (κ2) is 5.04. The minimum atomic E-state index is -0.0469. The van der Waals surface area contributed by atoms with Crippen molar-refractivity contribution < 1.29 is 8.98 Å². The van der Waals surface area contributed by atoms with E-state index in [-0.39, 0.29) is 11.2 Å². The zero-order chi connectivity index (χ0) is 9.68. The first-order chi connectivity index (χ1) is 6.20. The molecule has 1 aromatic rings. The standard InChI is InChI=1S/C10H12O2S/c1-8(2)12-13-10(11)9-6-4-3-5-7-9/h3-8H,1-2H3. The Hall–Kier alpha value is -0.800. The van der Waals surface area contributed by atoms with Gasteiger partial charge in [0, 0.05) is 5.56 Å². The molecular formula is C10H12O2S. The lowest BCUT2D eigenvalue weighted by Crippen LogP contribution is -2.00. The van der Waals surface area contributed by atoms with Crippen molar-refractivity contribution in [3.05, 3.63) is 35.9 Å². The molecule has 3 heteroatoms. The van der Waals surface area contributed by atoms with Gasteiger partial charge >= 0.3 is 0 Å². The van der Waals surface area contributed by atoms with E-state index in [0.29, 0.717) is 5.56 Å². The largest absolute Gasteiger partial charge is 0.305 e. The van der Waals surface area contributed by atoms with E-state index >= 15 is 0 Å². The van der Waals surface area contributed by atoms with Crippen LogP contribution in [0.3, 0.4) is 0 Å². The summed E-state index contributed by atoms with van der Waals surface area (Å²) in [5.74, 6) is 0. The fourth-order valence-corrected chi connectivity index (χ4v) is 1.27. The van der Waals surface area contributed by atoms with Crippen molar-refractivity contribution in [2.75, 3.05) is 0 Å². The third kappa shape index (κ3) is 3.61. The molecular weight excluding hydrogens is 184 g/mol. The summed E-state index contributed by atoms with van der Waals surface area (Å²) in [6.07, 6.45) is 0.0673. The lowest BCUT2D eigenvalue weighted by Gasteiger charge is -2.03. The van der Waals surface area contributed by atoms with Crippen LogP contribution >= 0.6 is 12.0 Å². The fraction of sp³-hybridized carbons (Fsp3) is 0.300. The zero-order valence-corrected chi connectivity index (χ0v) is 8.51. The number of benzene rings is 1. The van der Waals surface area contributed by atoms with Gasteiger partial charge in [-0.1, -0.05) is 30.3 Å². The van der Waals surface area contributed by atoms with Crippen molar-refractivity contribution in [2.45, 2.75) is 20.0 Å². The molecule has 0 amide bonds. The first-order valence-corrected chi connectivity index (χ1v) is 4.87. The van der Waals surface area contributed by atoms with Crippen LogP contribution in [0, 0.1) is 0 Å². The van der Waals surface area contributed by atoms with Crippen molar-refractivity contribution in [3.63, 3.8) is 0 Å². The van der Waals surface area contributed by atoms with Gasteiger partial charge in [-0.2, -0.15) is 0 Å². The van der Waals surface area contributed by atoms with E-state index in [2.05, 4.69) is 0 Å². The maximum Gasteiger partial charge on any atom is 0.246 e. The van der Waals surface area contributed by atoms with Crippen LogP contribution in [0.25, 0.3) is 0 Å². The maximum absolute atomic E-state index is 11.4. The van der Waals surface area contributed by atoms with Crippen LogP contribution in [0.4, 0.5) is 0 Å². The van der Waals surface area contributed by atoms with Crippen molar-refractivity contribution in [3.8, 4) is 0 Å². The third-order valence-corrected chi connectivity index (χ3v) is 2.19. The molecule has 0 aliphatic heterocycles. The molecule has 0 saturated carbocycles. The highest BCUT2D eigenvalue weighted by molar-refractivity contribution is 8.10. The first-order valence-electron chi connectivity index (χ1n) is 4.13. The van der Waals surface area contributed by atoms with Crippen LogP contribution < -0.4 is 0 Å². The number of rotatable bonds is 3. The zero-order valence-electron chi connectivity index (χ0n) is 7.69. The highest BCUT2D eigenvalue weighted by Gasteiger charge is 2.07. The molecule has 1 rings (SSSR count). The van der Waals surface area contributed by atoms with Gasteiger partial charge in [-0.05, 0) is 13.8 Å². The molecule has 0 spiro atoms. The molecule has 1 aromatic carbocycles. The summed E-state index contributed by atoms with van der Waals surface area (Å²) in [6.45, 7) is 3.79. The van der Waals surface area contributed by atoms with Gasteiger partial charge in [0.05, 0.1) is 18.1 Å². The summed E-state index contributed by atoms with van der Waals surface area (Å²) < 4.78 is 5.13. The SMILES string of the molecule is CC(C)OSC(=O)c1ccccc1. The normalized spacial score (nSPS) is 10.4. The molecule has 0 radical (unpaired) electrons. The lowest BCUT2D eigenvalue weighted by molar-refractivity contribution is 0.107. The fourth-order valence-electron chi connectivity index (χ4n) is 0.762. The van der Waals surface area contributed by atoms with Gasteiger partial charge in [-0.15, -0.1) is 0 Å². The van der Waals surface area contributed by atoms with E-state index in [1.165, 1.54) is 0 Å². The average molecular weight is 196 g/mol. The van der Waals surface area contributed by atoms with Crippen LogP contribution in [0.2, 0.25) is 0 Å². The van der Waals surface area contributed by atoms with Gasteiger partial charge in [0.2, 0.25) is 5.12 Å². The molecule has 13 heavy (non-hydrogen) atoms. The molecule has 0 aromatic heterocycles. The second-order valence-corrected chi connectivity index (χ2v) is 3.61. The molecule has 0 aliphatic rings. The predicted molar refractivity (Wildman–Crippen MR) is 54.6 cm³/mol. The molecule has 0 fully saturated rings. The minimum absolute atomic E-state index is 0.0469. The van der Waals surface area contributed by atoms with Crippen molar-refractivity contribution in [1.82, 2.24) is 0 Å². The molecule has 0 aliphatic carbocycles. The van der Waals surface area contributed by atoms with Crippen LogP contribution in [-0.4, -0.2) is 11.2 Å². The molecule has 0 bridgehead atoms. The van der Waals surface area contributed by atoms with Crippen LogP contribution in [0.15, 0.2) is 30.3 Å². The number of carbonyl (C=O) groups excluding carboxylic acids is 1.